The monoisotopic (exact) mass is 310 g/mol. The molecular formula is C17H27ClN2O. The molecular weight excluding hydrogens is 284 g/mol. The van der Waals surface area contributed by atoms with Crippen molar-refractivity contribution in [2.45, 2.75) is 25.8 Å². The summed E-state index contributed by atoms with van der Waals surface area (Å²) in [5, 5.41) is 9.85. The summed E-state index contributed by atoms with van der Waals surface area (Å²) in [6, 6.07) is 8.46. The van der Waals surface area contributed by atoms with Gasteiger partial charge in [-0.1, -0.05) is 29.8 Å². The maximum Gasteiger partial charge on any atom is 0.0558 e. The summed E-state index contributed by atoms with van der Waals surface area (Å²) in [7, 11) is 2.19. The van der Waals surface area contributed by atoms with E-state index in [9.17, 15) is 0 Å². The Morgan fingerprint density at radius 1 is 1.33 bits per heavy atom. The summed E-state index contributed by atoms with van der Waals surface area (Å²) in [5.74, 6) is 0.745. The first-order chi connectivity index (χ1) is 10.1. The van der Waals surface area contributed by atoms with Crippen LogP contribution in [0.3, 0.4) is 0 Å². The lowest BCUT2D eigenvalue weighted by Crippen LogP contribution is -2.39. The normalized spacial score (nSPS) is 19.1. The van der Waals surface area contributed by atoms with Gasteiger partial charge >= 0.3 is 0 Å². The SMILES string of the molecule is C[C@H](c1ccccc1Cl)N(C)CC1CCN(CCO)CC1. The van der Waals surface area contributed by atoms with Crippen molar-refractivity contribution >= 4 is 11.6 Å². The van der Waals surface area contributed by atoms with Crippen LogP contribution in [0.1, 0.15) is 31.4 Å². The Kier molecular flexibility index (Phi) is 6.49. The number of hydrogen-bond donors (Lipinski definition) is 1. The van der Waals surface area contributed by atoms with Crippen molar-refractivity contribution in [1.29, 1.82) is 0 Å². The van der Waals surface area contributed by atoms with E-state index in [0.29, 0.717) is 6.04 Å². The zero-order valence-electron chi connectivity index (χ0n) is 13.1. The van der Waals surface area contributed by atoms with Crippen LogP contribution in [0.25, 0.3) is 0 Å². The maximum atomic E-state index is 8.99. The molecule has 1 aliphatic rings. The van der Waals surface area contributed by atoms with Crippen LogP contribution in [-0.2, 0) is 0 Å². The minimum Gasteiger partial charge on any atom is -0.395 e. The predicted octanol–water partition coefficient (Wildman–Crippen LogP) is 3.04. The molecule has 2 rings (SSSR count). The molecule has 1 saturated heterocycles. The average molecular weight is 311 g/mol. The summed E-state index contributed by atoms with van der Waals surface area (Å²) in [5.41, 5.74) is 1.21. The molecule has 1 N–H and O–H groups in total. The van der Waals surface area contributed by atoms with Gasteiger partial charge in [0.1, 0.15) is 0 Å². The van der Waals surface area contributed by atoms with E-state index in [-0.39, 0.29) is 6.61 Å². The molecule has 4 heteroatoms. The molecule has 1 heterocycles. The number of rotatable bonds is 6. The van der Waals surface area contributed by atoms with E-state index in [4.69, 9.17) is 16.7 Å². The smallest absolute Gasteiger partial charge is 0.0558 e. The van der Waals surface area contributed by atoms with Gasteiger partial charge in [0, 0.05) is 24.2 Å². The highest BCUT2D eigenvalue weighted by Crippen LogP contribution is 2.28. The second kappa shape index (κ2) is 8.14. The average Bonchev–Trinajstić information content (AvgIpc) is 2.49. The van der Waals surface area contributed by atoms with E-state index in [1.807, 2.05) is 12.1 Å². The molecule has 1 atom stereocenters. The summed E-state index contributed by atoms with van der Waals surface area (Å²) >= 11 is 6.30. The molecule has 1 aromatic rings. The van der Waals surface area contributed by atoms with Crippen LogP contribution in [0.15, 0.2) is 24.3 Å². The largest absolute Gasteiger partial charge is 0.395 e. The van der Waals surface area contributed by atoms with Crippen LogP contribution < -0.4 is 0 Å². The van der Waals surface area contributed by atoms with Crippen LogP contribution >= 0.6 is 11.6 Å². The van der Waals surface area contributed by atoms with E-state index in [1.54, 1.807) is 0 Å². The third kappa shape index (κ3) is 4.68. The van der Waals surface area contributed by atoms with Crippen LogP contribution in [0, 0.1) is 5.92 Å². The molecule has 21 heavy (non-hydrogen) atoms. The van der Waals surface area contributed by atoms with E-state index < -0.39 is 0 Å². The van der Waals surface area contributed by atoms with Gasteiger partial charge in [-0.05, 0) is 57.5 Å². The Balaban J connectivity index is 1.85. The number of aliphatic hydroxyl groups is 1. The van der Waals surface area contributed by atoms with Crippen LogP contribution in [0.5, 0.6) is 0 Å². The first-order valence-electron chi connectivity index (χ1n) is 7.89. The molecule has 0 aromatic heterocycles. The zero-order chi connectivity index (χ0) is 15.2. The Labute approximate surface area is 133 Å². The van der Waals surface area contributed by atoms with Crippen molar-refractivity contribution < 1.29 is 5.11 Å². The first kappa shape index (κ1) is 16.8. The van der Waals surface area contributed by atoms with Gasteiger partial charge in [0.15, 0.2) is 0 Å². The van der Waals surface area contributed by atoms with Crippen molar-refractivity contribution in [3.63, 3.8) is 0 Å². The van der Waals surface area contributed by atoms with Gasteiger partial charge < -0.3 is 10.0 Å². The molecule has 0 unspecified atom stereocenters. The Bertz CT molecular complexity index is 433. The number of piperidine rings is 1. The van der Waals surface area contributed by atoms with Gasteiger partial charge in [0.2, 0.25) is 0 Å². The summed E-state index contributed by atoms with van der Waals surface area (Å²) in [6.07, 6.45) is 2.44. The van der Waals surface area contributed by atoms with E-state index in [1.165, 1.54) is 18.4 Å². The van der Waals surface area contributed by atoms with Crippen molar-refractivity contribution in [2.24, 2.45) is 5.92 Å². The summed E-state index contributed by atoms with van der Waals surface area (Å²) in [6.45, 7) is 6.65. The van der Waals surface area contributed by atoms with Crippen molar-refractivity contribution in [1.82, 2.24) is 9.80 Å². The first-order valence-corrected chi connectivity index (χ1v) is 8.27. The highest BCUT2D eigenvalue weighted by atomic mass is 35.5. The second-order valence-electron chi connectivity index (χ2n) is 6.15. The van der Waals surface area contributed by atoms with Crippen molar-refractivity contribution in [3.05, 3.63) is 34.9 Å². The molecule has 1 aromatic carbocycles. The number of β-amino-alcohol motifs (C(OH)–C–C–N with tert-alkyl or cyclic N) is 1. The lowest BCUT2D eigenvalue weighted by molar-refractivity contribution is 0.121. The number of benzene rings is 1. The van der Waals surface area contributed by atoms with Gasteiger partial charge in [-0.3, -0.25) is 4.90 Å². The minimum atomic E-state index is 0.272. The lowest BCUT2D eigenvalue weighted by atomic mass is 9.95. The quantitative estimate of drug-likeness (QED) is 0.875. The fraction of sp³-hybridized carbons (Fsp3) is 0.647. The molecule has 0 aliphatic carbocycles. The highest BCUT2D eigenvalue weighted by molar-refractivity contribution is 6.31. The van der Waals surface area contributed by atoms with Gasteiger partial charge in [0.25, 0.3) is 0 Å². The van der Waals surface area contributed by atoms with Crippen molar-refractivity contribution in [2.75, 3.05) is 39.8 Å². The van der Waals surface area contributed by atoms with Gasteiger partial charge in [-0.2, -0.15) is 0 Å². The number of aliphatic hydroxyl groups excluding tert-OH is 1. The van der Waals surface area contributed by atoms with Gasteiger partial charge in [-0.25, -0.2) is 0 Å². The van der Waals surface area contributed by atoms with Crippen LogP contribution in [0.4, 0.5) is 0 Å². The molecule has 0 amide bonds. The van der Waals surface area contributed by atoms with Gasteiger partial charge in [0.05, 0.1) is 6.61 Å². The number of nitrogens with zero attached hydrogens (tertiary/aromatic N) is 2. The molecule has 0 spiro atoms. The molecule has 1 aliphatic heterocycles. The highest BCUT2D eigenvalue weighted by Gasteiger charge is 2.22. The van der Waals surface area contributed by atoms with E-state index >= 15 is 0 Å². The molecule has 0 radical (unpaired) electrons. The third-order valence-electron chi connectivity index (χ3n) is 4.69. The molecule has 118 valence electrons. The summed E-state index contributed by atoms with van der Waals surface area (Å²) in [4.78, 5) is 4.77. The Hall–Kier alpha value is -0.610. The summed E-state index contributed by atoms with van der Waals surface area (Å²) < 4.78 is 0. The third-order valence-corrected chi connectivity index (χ3v) is 5.03. The molecule has 3 nitrogen and oxygen atoms in total. The van der Waals surface area contributed by atoms with Crippen molar-refractivity contribution in [3.8, 4) is 0 Å². The minimum absolute atomic E-state index is 0.272. The second-order valence-corrected chi connectivity index (χ2v) is 6.55. The number of hydrogen-bond acceptors (Lipinski definition) is 3. The predicted molar refractivity (Wildman–Crippen MR) is 88.7 cm³/mol. The van der Waals surface area contributed by atoms with Crippen LogP contribution in [-0.4, -0.2) is 54.7 Å². The number of likely N-dealkylation sites (tertiary alicyclic amines) is 1. The molecule has 1 fully saturated rings. The standard InChI is InChI=1S/C17H27ClN2O/c1-14(16-5-3-4-6-17(16)18)19(2)13-15-7-9-20(10-8-15)11-12-21/h3-6,14-15,21H,7-13H2,1-2H3/t14-/m1/s1. The zero-order valence-corrected chi connectivity index (χ0v) is 13.9. The topological polar surface area (TPSA) is 26.7 Å². The molecule has 0 saturated carbocycles. The van der Waals surface area contributed by atoms with E-state index in [2.05, 4.69) is 35.9 Å². The molecule has 0 bridgehead atoms. The lowest BCUT2D eigenvalue weighted by Gasteiger charge is -2.35. The number of halogens is 1. The fourth-order valence-corrected chi connectivity index (χ4v) is 3.44. The van der Waals surface area contributed by atoms with Gasteiger partial charge in [-0.15, -0.1) is 0 Å². The van der Waals surface area contributed by atoms with E-state index in [0.717, 1.165) is 37.1 Å². The van der Waals surface area contributed by atoms with Crippen LogP contribution in [0.2, 0.25) is 5.02 Å². The maximum absolute atomic E-state index is 8.99. The fourth-order valence-electron chi connectivity index (χ4n) is 3.15. The Morgan fingerprint density at radius 2 is 2.00 bits per heavy atom. The Morgan fingerprint density at radius 3 is 2.62 bits per heavy atom.